The molecule has 1 heterocycles. The van der Waals surface area contributed by atoms with Crippen molar-refractivity contribution in [3.63, 3.8) is 0 Å². The molecule has 36 heavy (non-hydrogen) atoms. The van der Waals surface area contributed by atoms with Crippen LogP contribution in [0.25, 0.3) is 5.69 Å². The van der Waals surface area contributed by atoms with Crippen molar-refractivity contribution in [1.29, 1.82) is 0 Å². The molecule has 8 nitrogen and oxygen atoms in total. The molecule has 3 aromatic rings. The summed E-state index contributed by atoms with van der Waals surface area (Å²) in [6.45, 7) is 7.03. The van der Waals surface area contributed by atoms with Crippen LogP contribution in [0.5, 0.6) is 0 Å². The number of anilines is 2. The van der Waals surface area contributed by atoms with Crippen LogP contribution >= 0.6 is 0 Å². The summed E-state index contributed by atoms with van der Waals surface area (Å²) in [5, 5.41) is 25.8. The topological polar surface area (TPSA) is 99.0 Å². The predicted octanol–water partition coefficient (Wildman–Crippen LogP) is -2.80. The van der Waals surface area contributed by atoms with Crippen LogP contribution < -0.4 is 74.4 Å². The number of carboxylic acid groups (broad SMARTS) is 1. The number of aryl methyl sites for hydroxylation is 2. The number of carbonyl (C=O) groups is 1. The Labute approximate surface area is 263 Å². The average molecular weight is 527 g/mol. The Balaban J connectivity index is 0.00000324. The van der Waals surface area contributed by atoms with Crippen molar-refractivity contribution in [2.24, 2.45) is 0 Å². The van der Waals surface area contributed by atoms with E-state index in [2.05, 4.69) is 57.8 Å². The zero-order chi connectivity index (χ0) is 24.3. The fourth-order valence-electron chi connectivity index (χ4n) is 4.16. The minimum absolute atomic E-state index is 0. The number of aliphatic carboxylic acids is 1. The van der Waals surface area contributed by atoms with Gasteiger partial charge in [-0.3, -0.25) is 0 Å². The molecule has 0 saturated heterocycles. The van der Waals surface area contributed by atoms with Gasteiger partial charge in [-0.15, -0.1) is 5.10 Å². The van der Waals surface area contributed by atoms with Crippen LogP contribution in [0.15, 0.2) is 47.6 Å². The number of carboxylic acids is 1. The van der Waals surface area contributed by atoms with Crippen LogP contribution in [0.3, 0.4) is 0 Å². The Kier molecular flexibility index (Phi) is 15.8. The summed E-state index contributed by atoms with van der Waals surface area (Å²) in [6, 6.07) is 14.3. The zero-order valence-electron chi connectivity index (χ0n) is 21.9. The summed E-state index contributed by atoms with van der Waals surface area (Å²) in [7, 11) is 0. The molecule has 0 amide bonds. The Hall–Kier alpha value is -1.20. The molecule has 11 heteroatoms. The van der Waals surface area contributed by atoms with Crippen LogP contribution in [0.1, 0.15) is 49.7 Å². The maximum absolute atomic E-state index is 10.6. The third-order valence-corrected chi connectivity index (χ3v) is 6.03. The number of unbranched alkanes of at least 4 members (excludes halogenated alkanes) is 3. The Morgan fingerprint density at radius 2 is 1.67 bits per heavy atom. The molecule has 0 fully saturated rings. The van der Waals surface area contributed by atoms with Crippen LogP contribution in [0.2, 0.25) is 0 Å². The second-order valence-corrected chi connectivity index (χ2v) is 8.83. The smallest absolute Gasteiger partial charge is 0.738 e. The zero-order valence-corrected chi connectivity index (χ0v) is 26.7. The molecule has 1 N–H and O–H groups in total. The maximum atomic E-state index is 10.6. The van der Waals surface area contributed by atoms with E-state index < -0.39 is 5.97 Å². The largest absolute Gasteiger partial charge is 1.00 e. The first-order valence-electron chi connectivity index (χ1n) is 11.8. The molecule has 0 spiro atoms. The van der Waals surface area contributed by atoms with Crippen LogP contribution in [-0.2, 0) is 17.4 Å². The van der Waals surface area contributed by atoms with E-state index in [9.17, 15) is 9.90 Å². The molecule has 0 aliphatic rings. The SMILES string of the molecule is Cc1cccc(C)c1N(CCCCCCC(=O)[O-])CCCNc1cccc(-n2nnnc2[S-])c1.[Na+].[Na+]. The van der Waals surface area contributed by atoms with Gasteiger partial charge < -0.3 is 32.7 Å². The van der Waals surface area contributed by atoms with Crippen molar-refractivity contribution < 1.29 is 69.0 Å². The number of aromatic nitrogens is 4. The standard InChI is InChI=1S/C25H34N6O2S.2Na/c1-19-10-7-11-20(2)24(19)30(16-6-4-3-5-14-23(32)33)17-9-15-26-21-12-8-13-22(18-21)31-25(34)27-28-29-31;;/h7-8,10-13,18,26H,3-6,9,14-17H2,1-2H3,(H,32,33)(H,27,29,34);;/q;2*+1/p-2. The monoisotopic (exact) mass is 526 g/mol. The number of rotatable bonds is 14. The average Bonchev–Trinajstić information content (AvgIpc) is 3.24. The minimum atomic E-state index is -0.960. The summed E-state index contributed by atoms with van der Waals surface area (Å²) in [6.07, 6.45) is 4.77. The van der Waals surface area contributed by atoms with Gasteiger partial charge in [0.2, 0.25) is 0 Å². The second kappa shape index (κ2) is 17.3. The van der Waals surface area contributed by atoms with Gasteiger partial charge in [-0.1, -0.05) is 37.1 Å². The molecule has 0 atom stereocenters. The first-order chi connectivity index (χ1) is 16.5. The summed E-state index contributed by atoms with van der Waals surface area (Å²) in [4.78, 5) is 13.1. The molecule has 3 rings (SSSR count). The first-order valence-corrected chi connectivity index (χ1v) is 12.2. The molecule has 182 valence electrons. The van der Waals surface area contributed by atoms with Gasteiger partial charge in [0, 0.05) is 42.1 Å². The van der Waals surface area contributed by atoms with Gasteiger partial charge in [-0.05, 0) is 79.3 Å². The van der Waals surface area contributed by atoms with E-state index in [1.807, 2.05) is 24.3 Å². The summed E-state index contributed by atoms with van der Waals surface area (Å²) in [5.41, 5.74) is 5.68. The predicted molar refractivity (Wildman–Crippen MR) is 134 cm³/mol. The van der Waals surface area contributed by atoms with Crippen molar-refractivity contribution in [3.8, 4) is 5.69 Å². The van der Waals surface area contributed by atoms with Crippen molar-refractivity contribution in [1.82, 2.24) is 20.2 Å². The van der Waals surface area contributed by atoms with E-state index in [1.54, 1.807) is 0 Å². The normalized spacial score (nSPS) is 10.3. The molecule has 0 saturated carbocycles. The third-order valence-electron chi connectivity index (χ3n) is 5.78. The summed E-state index contributed by atoms with van der Waals surface area (Å²) < 4.78 is 1.54. The fourth-order valence-corrected chi connectivity index (χ4v) is 4.34. The number of nitrogens with one attached hydrogen (secondary N) is 1. The summed E-state index contributed by atoms with van der Waals surface area (Å²) >= 11 is 5.15. The maximum Gasteiger partial charge on any atom is 1.00 e. The number of carbonyl (C=O) groups excluding carboxylic acids is 1. The van der Waals surface area contributed by atoms with Gasteiger partial charge in [0.15, 0.2) is 0 Å². The van der Waals surface area contributed by atoms with Gasteiger partial charge in [-0.2, -0.15) is 0 Å². The van der Waals surface area contributed by atoms with Gasteiger partial charge in [-0.25, -0.2) is 4.68 Å². The van der Waals surface area contributed by atoms with Crippen LogP contribution in [0.4, 0.5) is 11.4 Å². The molecule has 2 aromatic carbocycles. The molecule has 0 aliphatic carbocycles. The Morgan fingerprint density at radius 3 is 2.33 bits per heavy atom. The number of hydrogen-bond donors (Lipinski definition) is 1. The molecule has 0 bridgehead atoms. The van der Waals surface area contributed by atoms with E-state index in [0.29, 0.717) is 11.6 Å². The molecule has 0 aliphatic heterocycles. The van der Waals surface area contributed by atoms with E-state index in [0.717, 1.165) is 56.7 Å². The number of tetrazole rings is 1. The van der Waals surface area contributed by atoms with Crippen molar-refractivity contribution in [2.45, 2.75) is 57.5 Å². The summed E-state index contributed by atoms with van der Waals surface area (Å²) in [5.74, 6) is -0.960. The van der Waals surface area contributed by atoms with Gasteiger partial charge >= 0.3 is 59.1 Å². The molecule has 0 unspecified atom stereocenters. The number of nitrogens with zero attached hydrogens (tertiary/aromatic N) is 5. The van der Waals surface area contributed by atoms with Crippen LogP contribution in [0, 0.1) is 13.8 Å². The number of hydrogen-bond acceptors (Lipinski definition) is 8. The number of para-hydroxylation sites is 1. The van der Waals surface area contributed by atoms with Crippen LogP contribution in [-0.4, -0.2) is 45.8 Å². The molecule has 0 radical (unpaired) electrons. The first kappa shape index (κ1) is 32.8. The number of benzene rings is 2. The Morgan fingerprint density at radius 1 is 1.00 bits per heavy atom. The molecular formula is C25H32N6Na2O2S. The second-order valence-electron chi connectivity index (χ2n) is 8.47. The van der Waals surface area contributed by atoms with Gasteiger partial charge in [0.05, 0.1) is 5.69 Å². The van der Waals surface area contributed by atoms with E-state index in [-0.39, 0.29) is 65.5 Å². The minimum Gasteiger partial charge on any atom is -0.738 e. The van der Waals surface area contributed by atoms with E-state index >= 15 is 0 Å². The molecular weight excluding hydrogens is 494 g/mol. The molecule has 1 aromatic heterocycles. The van der Waals surface area contributed by atoms with Crippen molar-refractivity contribution in [2.75, 3.05) is 29.9 Å². The quantitative estimate of drug-likeness (QED) is 0.137. The van der Waals surface area contributed by atoms with Gasteiger partial charge in [0.1, 0.15) is 0 Å². The fraction of sp³-hybridized carbons (Fsp3) is 0.440. The Bertz CT molecular complexity index is 1060. The third kappa shape index (κ3) is 10.3. The van der Waals surface area contributed by atoms with E-state index in [4.69, 9.17) is 12.6 Å². The van der Waals surface area contributed by atoms with Gasteiger partial charge in [0.25, 0.3) is 0 Å². The van der Waals surface area contributed by atoms with Crippen molar-refractivity contribution in [3.05, 3.63) is 53.6 Å². The van der Waals surface area contributed by atoms with Crippen molar-refractivity contribution >= 4 is 30.0 Å². The van der Waals surface area contributed by atoms with E-state index in [1.165, 1.54) is 21.5 Å².